The van der Waals surface area contributed by atoms with Crippen LogP contribution in [-0.4, -0.2) is 16.2 Å². The normalized spacial score (nSPS) is 13.2. The molecule has 3 heterocycles. The predicted octanol–water partition coefficient (Wildman–Crippen LogP) is 18.1. The number of hydrogen-bond donors (Lipinski definition) is 0. The first kappa shape index (κ1) is 47.4. The number of para-hydroxylation sites is 2. The Morgan fingerprint density at radius 1 is 0.384 bits per heavy atom. The molecule has 0 aliphatic carbocycles. The molecule has 8 aromatic carbocycles. The van der Waals surface area contributed by atoms with Gasteiger partial charge in [0, 0.05) is 51.3 Å². The molecule has 0 N–H and O–H groups in total. The molecule has 1 aliphatic rings. The van der Waals surface area contributed by atoms with Crippen LogP contribution in [0.2, 0.25) is 0 Å². The Balaban J connectivity index is 1.04. The van der Waals surface area contributed by atoms with Gasteiger partial charge in [0.15, 0.2) is 0 Å². The first-order chi connectivity index (χ1) is 34.9. The minimum absolute atomic E-state index is 0.0486. The van der Waals surface area contributed by atoms with Crippen molar-refractivity contribution in [3.05, 3.63) is 240 Å². The lowest BCUT2D eigenvalue weighted by Crippen LogP contribution is -2.26. The maximum atomic E-state index is 7.19. The van der Waals surface area contributed by atoms with Gasteiger partial charge in [-0.3, -0.25) is 4.57 Å². The fourth-order valence-electron chi connectivity index (χ4n) is 10.7. The molecule has 0 fully saturated rings. The van der Waals surface area contributed by atoms with Crippen LogP contribution in [0.5, 0.6) is 11.5 Å². The summed E-state index contributed by atoms with van der Waals surface area (Å²) in [5.41, 5.74) is 15.9. The molecule has 10 aromatic rings. The van der Waals surface area contributed by atoms with E-state index in [1.807, 2.05) is 6.20 Å². The van der Waals surface area contributed by atoms with Gasteiger partial charge in [0.25, 0.3) is 0 Å². The summed E-state index contributed by atoms with van der Waals surface area (Å²) in [5.74, 6) is 2.41. The van der Waals surface area contributed by atoms with E-state index in [2.05, 4.69) is 284 Å². The summed E-state index contributed by atoms with van der Waals surface area (Å²) in [7, 11) is 0. The number of fused-ring (bicyclic) bond motifs is 4. The first-order valence-corrected chi connectivity index (χ1v) is 25.8. The molecule has 0 spiro atoms. The van der Waals surface area contributed by atoms with Crippen molar-refractivity contribution in [2.45, 2.75) is 90.9 Å². The lowest BCUT2D eigenvalue weighted by Gasteiger charge is -2.32. The number of aromatic nitrogens is 2. The summed E-state index contributed by atoms with van der Waals surface area (Å²) in [6.45, 7) is 23.7. The zero-order valence-corrected chi connectivity index (χ0v) is 44.0. The van der Waals surface area contributed by atoms with Gasteiger partial charge in [-0.05, 0) is 128 Å². The molecule has 2 aromatic heterocycles. The monoisotopic (exact) mass is 955 g/mol. The highest BCUT2D eigenvalue weighted by Crippen LogP contribution is 2.49. The van der Waals surface area contributed by atoms with E-state index in [1.54, 1.807) is 0 Å². The second-order valence-corrected chi connectivity index (χ2v) is 23.1. The van der Waals surface area contributed by atoms with Gasteiger partial charge in [-0.1, -0.05) is 184 Å². The van der Waals surface area contributed by atoms with Gasteiger partial charge in [0.2, 0.25) is 0 Å². The molecular weight excluding hydrogens is 889 g/mol. The second-order valence-electron chi connectivity index (χ2n) is 23.1. The van der Waals surface area contributed by atoms with Gasteiger partial charge in [-0.15, -0.1) is 0 Å². The van der Waals surface area contributed by atoms with Gasteiger partial charge >= 0.3 is 0 Å². The van der Waals surface area contributed by atoms with E-state index in [1.165, 1.54) is 55.7 Å². The van der Waals surface area contributed by atoms with E-state index in [4.69, 9.17) is 9.72 Å². The van der Waals surface area contributed by atoms with Crippen molar-refractivity contribution >= 4 is 44.6 Å². The van der Waals surface area contributed by atoms with E-state index in [0.29, 0.717) is 6.67 Å². The third-order valence-electron chi connectivity index (χ3n) is 15.4. The SMILES string of the molecule is CC(C)(C)c1cc(N2CN(c3cc(Oc4ccc5c6cc(-c7ccccc7)ccc6n(-c6cc(C(C)(C)C)ccn6)c5c4)cc(C(C)(C)c4ccccc4)c3)c3ccccc32)cc(C(C)(C)c2ccccc2)c1. The molecule has 0 atom stereocenters. The third kappa shape index (κ3) is 8.86. The molecule has 0 radical (unpaired) electrons. The molecule has 0 bridgehead atoms. The zero-order valence-electron chi connectivity index (χ0n) is 44.0. The van der Waals surface area contributed by atoms with Crippen LogP contribution < -0.4 is 14.5 Å². The predicted molar refractivity (Wildman–Crippen MR) is 307 cm³/mol. The van der Waals surface area contributed by atoms with E-state index < -0.39 is 0 Å². The average molecular weight is 955 g/mol. The largest absolute Gasteiger partial charge is 0.457 e. The summed E-state index contributed by atoms with van der Waals surface area (Å²) in [4.78, 5) is 9.96. The summed E-state index contributed by atoms with van der Waals surface area (Å²) in [6.07, 6.45) is 1.94. The van der Waals surface area contributed by atoms with Crippen LogP contribution in [0.4, 0.5) is 22.7 Å². The first-order valence-electron chi connectivity index (χ1n) is 25.8. The Hall–Kier alpha value is -7.89. The van der Waals surface area contributed by atoms with Crippen LogP contribution in [0.25, 0.3) is 38.8 Å². The molecule has 0 saturated heterocycles. The van der Waals surface area contributed by atoms with Crippen LogP contribution in [0.15, 0.2) is 206 Å². The Labute approximate surface area is 432 Å². The van der Waals surface area contributed by atoms with E-state index in [-0.39, 0.29) is 21.7 Å². The summed E-state index contributed by atoms with van der Waals surface area (Å²) >= 11 is 0. The van der Waals surface area contributed by atoms with Crippen molar-refractivity contribution in [1.29, 1.82) is 0 Å². The van der Waals surface area contributed by atoms with Crippen molar-refractivity contribution in [2.24, 2.45) is 0 Å². The van der Waals surface area contributed by atoms with Crippen LogP contribution in [0.1, 0.15) is 103 Å². The topological polar surface area (TPSA) is 33.5 Å². The number of hydrogen-bond acceptors (Lipinski definition) is 4. The molecule has 364 valence electrons. The fourth-order valence-corrected chi connectivity index (χ4v) is 10.7. The molecule has 0 amide bonds. The molecular formula is C68H66N4O. The Morgan fingerprint density at radius 2 is 0.932 bits per heavy atom. The van der Waals surface area contributed by atoms with Gasteiger partial charge in [-0.25, -0.2) is 4.98 Å². The van der Waals surface area contributed by atoms with E-state index >= 15 is 0 Å². The lowest BCUT2D eigenvalue weighted by molar-refractivity contribution is 0.480. The Morgan fingerprint density at radius 3 is 1.53 bits per heavy atom. The summed E-state index contributed by atoms with van der Waals surface area (Å²) in [5, 5.41) is 2.31. The van der Waals surface area contributed by atoms with Gasteiger partial charge in [-0.2, -0.15) is 0 Å². The number of anilines is 4. The molecule has 11 rings (SSSR count). The maximum absolute atomic E-state index is 7.19. The molecule has 5 nitrogen and oxygen atoms in total. The Bertz CT molecular complexity index is 3650. The molecule has 73 heavy (non-hydrogen) atoms. The van der Waals surface area contributed by atoms with E-state index in [0.717, 1.165) is 50.7 Å². The van der Waals surface area contributed by atoms with Crippen molar-refractivity contribution in [2.75, 3.05) is 16.5 Å². The molecule has 1 aliphatic heterocycles. The standard InChI is InChI=1S/C68H66N4O/c1-65(2,3)50-34-35-69-64(42-50)72-60-33-30-47(46-22-14-11-15-23-46)36-59(60)58-32-31-56(44-63(58)72)73-57-41-53(68(9,10)49-26-18-13-19-27-49)40-55(43-57)71-45-70(61-28-20-21-29-62(61)71)54-38-51(66(4,5)6)37-52(39-54)67(7,8)48-24-16-12-17-25-48/h11-44H,45H2,1-10H3. The van der Waals surface area contributed by atoms with E-state index in [9.17, 15) is 0 Å². The second kappa shape index (κ2) is 18.0. The number of nitrogens with zero attached hydrogens (tertiary/aromatic N) is 4. The van der Waals surface area contributed by atoms with Crippen molar-refractivity contribution < 1.29 is 4.74 Å². The molecule has 5 heteroatoms. The highest BCUT2D eigenvalue weighted by atomic mass is 16.5. The highest BCUT2D eigenvalue weighted by Gasteiger charge is 2.33. The number of benzene rings is 8. The highest BCUT2D eigenvalue weighted by molar-refractivity contribution is 6.10. The minimum atomic E-state index is -0.343. The van der Waals surface area contributed by atoms with Gasteiger partial charge in [0.1, 0.15) is 24.0 Å². The number of pyridine rings is 1. The van der Waals surface area contributed by atoms with Crippen LogP contribution >= 0.6 is 0 Å². The van der Waals surface area contributed by atoms with Crippen molar-refractivity contribution in [1.82, 2.24) is 9.55 Å². The van der Waals surface area contributed by atoms with Crippen molar-refractivity contribution in [3.8, 4) is 28.4 Å². The Kier molecular flexibility index (Phi) is 11.7. The number of ether oxygens (including phenoxy) is 1. The number of rotatable bonds is 10. The van der Waals surface area contributed by atoms with Gasteiger partial charge in [0.05, 0.1) is 22.4 Å². The summed E-state index contributed by atoms with van der Waals surface area (Å²) < 4.78 is 9.49. The molecule has 0 unspecified atom stereocenters. The smallest absolute Gasteiger partial charge is 0.137 e. The maximum Gasteiger partial charge on any atom is 0.137 e. The third-order valence-corrected chi connectivity index (χ3v) is 15.4. The van der Waals surface area contributed by atoms with Gasteiger partial charge < -0.3 is 14.5 Å². The van der Waals surface area contributed by atoms with Crippen molar-refractivity contribution in [3.63, 3.8) is 0 Å². The minimum Gasteiger partial charge on any atom is -0.457 e. The van der Waals surface area contributed by atoms with Crippen LogP contribution in [-0.2, 0) is 21.7 Å². The fraction of sp³-hybridized carbons (Fsp3) is 0.221. The average Bonchev–Trinajstić information content (AvgIpc) is 3.94. The molecule has 0 saturated carbocycles. The van der Waals surface area contributed by atoms with Crippen LogP contribution in [0, 0.1) is 0 Å². The lowest BCUT2D eigenvalue weighted by atomic mass is 9.75. The quantitative estimate of drug-likeness (QED) is 0.137. The zero-order chi connectivity index (χ0) is 50.9. The summed E-state index contributed by atoms with van der Waals surface area (Å²) in [6, 6.07) is 72.9. The van der Waals surface area contributed by atoms with Crippen LogP contribution in [0.3, 0.4) is 0 Å².